The fourth-order valence-corrected chi connectivity index (χ4v) is 3.66. The molecule has 7 heteroatoms. The largest absolute Gasteiger partial charge is 0.480 e. The SMILES string of the molecule is Cc1nn(Cc2ccccc2)c(C)c1[C@@H]1C=C[C@@H](NC(=O)COCC(=O)O)C1. The van der Waals surface area contributed by atoms with Crippen molar-refractivity contribution in [1.29, 1.82) is 0 Å². The molecule has 0 saturated carbocycles. The number of nitrogens with zero attached hydrogens (tertiary/aromatic N) is 2. The lowest BCUT2D eigenvalue weighted by atomic mass is 9.96. The Hall–Kier alpha value is -2.93. The summed E-state index contributed by atoms with van der Waals surface area (Å²) in [5.41, 5.74) is 4.53. The molecule has 2 aromatic rings. The second kappa shape index (κ2) is 8.84. The number of allylic oxidation sites excluding steroid dienone is 1. The molecule has 0 radical (unpaired) electrons. The first-order chi connectivity index (χ1) is 13.4. The number of carboxylic acid groups (broad SMARTS) is 1. The third-order valence-electron chi connectivity index (χ3n) is 4.87. The Balaban J connectivity index is 1.60. The van der Waals surface area contributed by atoms with E-state index in [1.54, 1.807) is 0 Å². The Kier molecular flexibility index (Phi) is 6.26. The average molecular weight is 383 g/mol. The zero-order valence-electron chi connectivity index (χ0n) is 16.1. The van der Waals surface area contributed by atoms with Crippen LogP contribution in [0.1, 0.15) is 34.9 Å². The van der Waals surface area contributed by atoms with Gasteiger partial charge >= 0.3 is 5.97 Å². The molecule has 0 fully saturated rings. The molecule has 1 aliphatic carbocycles. The molecular formula is C21H25N3O4. The van der Waals surface area contributed by atoms with Gasteiger partial charge < -0.3 is 15.2 Å². The van der Waals surface area contributed by atoms with Crippen LogP contribution in [-0.4, -0.2) is 46.0 Å². The number of hydrogen-bond acceptors (Lipinski definition) is 4. The van der Waals surface area contributed by atoms with Crippen LogP contribution in [0.3, 0.4) is 0 Å². The van der Waals surface area contributed by atoms with Crippen LogP contribution in [0.25, 0.3) is 0 Å². The summed E-state index contributed by atoms with van der Waals surface area (Å²) in [6.07, 6.45) is 4.84. The lowest BCUT2D eigenvalue weighted by molar-refractivity contribution is -0.143. The predicted octanol–water partition coefficient (Wildman–Crippen LogP) is 2.18. The summed E-state index contributed by atoms with van der Waals surface area (Å²) >= 11 is 0. The summed E-state index contributed by atoms with van der Waals surface area (Å²) in [7, 11) is 0. The Bertz CT molecular complexity index is 873. The summed E-state index contributed by atoms with van der Waals surface area (Å²) < 4.78 is 6.86. The lowest BCUT2D eigenvalue weighted by Gasteiger charge is -2.15. The number of carboxylic acids is 1. The highest BCUT2D eigenvalue weighted by atomic mass is 16.5. The van der Waals surface area contributed by atoms with Crippen molar-refractivity contribution < 1.29 is 19.4 Å². The van der Waals surface area contributed by atoms with Gasteiger partial charge in [-0.15, -0.1) is 0 Å². The molecule has 0 aliphatic heterocycles. The van der Waals surface area contributed by atoms with Gasteiger partial charge in [0, 0.05) is 23.2 Å². The number of rotatable bonds is 8. The first kappa shape index (κ1) is 19.8. The normalized spacial score (nSPS) is 18.4. The molecule has 0 spiro atoms. The molecule has 1 aliphatic rings. The molecule has 1 heterocycles. The molecular weight excluding hydrogens is 358 g/mol. The average Bonchev–Trinajstić information content (AvgIpc) is 3.19. The van der Waals surface area contributed by atoms with E-state index in [4.69, 9.17) is 14.9 Å². The zero-order valence-corrected chi connectivity index (χ0v) is 16.1. The van der Waals surface area contributed by atoms with E-state index < -0.39 is 12.6 Å². The zero-order chi connectivity index (χ0) is 20.1. The highest BCUT2D eigenvalue weighted by molar-refractivity contribution is 5.78. The number of carbonyl (C=O) groups is 2. The van der Waals surface area contributed by atoms with Crippen molar-refractivity contribution >= 4 is 11.9 Å². The van der Waals surface area contributed by atoms with Crippen molar-refractivity contribution in [3.8, 4) is 0 Å². The van der Waals surface area contributed by atoms with Gasteiger partial charge in [-0.3, -0.25) is 9.48 Å². The molecule has 1 aromatic carbocycles. The first-order valence-corrected chi connectivity index (χ1v) is 9.29. The van der Waals surface area contributed by atoms with Crippen LogP contribution in [0, 0.1) is 13.8 Å². The number of aliphatic carboxylic acids is 1. The molecule has 0 saturated heterocycles. The van der Waals surface area contributed by atoms with Gasteiger partial charge in [-0.05, 0) is 25.8 Å². The molecule has 0 unspecified atom stereocenters. The third kappa shape index (κ3) is 4.86. The number of aromatic nitrogens is 2. The molecule has 28 heavy (non-hydrogen) atoms. The van der Waals surface area contributed by atoms with Crippen molar-refractivity contribution in [2.24, 2.45) is 0 Å². The number of nitrogens with one attached hydrogen (secondary N) is 1. The van der Waals surface area contributed by atoms with Gasteiger partial charge in [0.05, 0.1) is 12.2 Å². The maximum absolute atomic E-state index is 11.9. The van der Waals surface area contributed by atoms with E-state index in [2.05, 4.69) is 30.4 Å². The van der Waals surface area contributed by atoms with E-state index in [0.29, 0.717) is 0 Å². The van der Waals surface area contributed by atoms with Crippen molar-refractivity contribution in [2.45, 2.75) is 38.8 Å². The summed E-state index contributed by atoms with van der Waals surface area (Å²) in [5, 5.41) is 16.1. The Morgan fingerprint density at radius 1 is 1.21 bits per heavy atom. The molecule has 148 valence electrons. The molecule has 3 rings (SSSR count). The quantitative estimate of drug-likeness (QED) is 0.682. The van der Waals surface area contributed by atoms with Crippen molar-refractivity contribution in [3.63, 3.8) is 0 Å². The smallest absolute Gasteiger partial charge is 0.329 e. The minimum atomic E-state index is -1.09. The number of carbonyl (C=O) groups excluding carboxylic acids is 1. The van der Waals surface area contributed by atoms with Crippen molar-refractivity contribution in [3.05, 3.63) is 65.0 Å². The predicted molar refractivity (Wildman–Crippen MR) is 104 cm³/mol. The number of aryl methyl sites for hydroxylation is 1. The maximum Gasteiger partial charge on any atom is 0.329 e. The van der Waals surface area contributed by atoms with Crippen LogP contribution in [0.2, 0.25) is 0 Å². The van der Waals surface area contributed by atoms with Crippen LogP contribution >= 0.6 is 0 Å². The highest BCUT2D eigenvalue weighted by Crippen LogP contribution is 2.33. The molecule has 2 N–H and O–H groups in total. The lowest BCUT2D eigenvalue weighted by Crippen LogP contribution is -2.35. The fraction of sp³-hybridized carbons (Fsp3) is 0.381. The topological polar surface area (TPSA) is 93.5 Å². The Labute approximate surface area is 164 Å². The number of benzene rings is 1. The monoisotopic (exact) mass is 383 g/mol. The molecule has 1 amide bonds. The van der Waals surface area contributed by atoms with Crippen LogP contribution in [0.5, 0.6) is 0 Å². The van der Waals surface area contributed by atoms with E-state index in [-0.39, 0.29) is 24.5 Å². The first-order valence-electron chi connectivity index (χ1n) is 9.29. The van der Waals surface area contributed by atoms with Crippen LogP contribution < -0.4 is 5.32 Å². The molecule has 7 nitrogen and oxygen atoms in total. The Morgan fingerprint density at radius 2 is 1.96 bits per heavy atom. The van der Waals surface area contributed by atoms with Crippen molar-refractivity contribution in [1.82, 2.24) is 15.1 Å². The third-order valence-corrected chi connectivity index (χ3v) is 4.87. The summed E-state index contributed by atoms with van der Waals surface area (Å²) in [4.78, 5) is 22.3. The summed E-state index contributed by atoms with van der Waals surface area (Å²) in [6.45, 7) is 4.09. The van der Waals surface area contributed by atoms with Gasteiger partial charge in [0.1, 0.15) is 13.2 Å². The molecule has 0 bridgehead atoms. The minimum Gasteiger partial charge on any atom is -0.480 e. The molecule has 2 atom stereocenters. The fourth-order valence-electron chi connectivity index (χ4n) is 3.66. The van der Waals surface area contributed by atoms with Gasteiger partial charge in [0.15, 0.2) is 0 Å². The number of ether oxygens (including phenoxy) is 1. The second-order valence-electron chi connectivity index (χ2n) is 7.02. The maximum atomic E-state index is 11.9. The van der Waals surface area contributed by atoms with Crippen molar-refractivity contribution in [2.75, 3.05) is 13.2 Å². The van der Waals surface area contributed by atoms with Crippen LogP contribution in [0.4, 0.5) is 0 Å². The van der Waals surface area contributed by atoms with E-state index in [9.17, 15) is 9.59 Å². The standard InChI is InChI=1S/C21H25N3O4/c1-14-21(15(2)24(23-14)11-16-6-4-3-5-7-16)17-8-9-18(10-17)22-19(25)12-28-13-20(26)27/h3-9,17-18H,10-13H2,1-2H3,(H,22,25)(H,26,27)/t17-,18-/m1/s1. The summed E-state index contributed by atoms with van der Waals surface area (Å²) in [6, 6.07) is 10.1. The highest BCUT2D eigenvalue weighted by Gasteiger charge is 2.26. The summed E-state index contributed by atoms with van der Waals surface area (Å²) in [5.74, 6) is -1.22. The van der Waals surface area contributed by atoms with Gasteiger partial charge in [0.2, 0.25) is 5.91 Å². The van der Waals surface area contributed by atoms with Gasteiger partial charge in [-0.25, -0.2) is 4.79 Å². The molecule has 1 aromatic heterocycles. The van der Waals surface area contributed by atoms with E-state index in [0.717, 1.165) is 24.4 Å². The number of amides is 1. The van der Waals surface area contributed by atoms with Crippen LogP contribution in [0.15, 0.2) is 42.5 Å². The number of hydrogen-bond donors (Lipinski definition) is 2. The van der Waals surface area contributed by atoms with E-state index >= 15 is 0 Å². The van der Waals surface area contributed by atoms with E-state index in [1.807, 2.05) is 35.9 Å². The van der Waals surface area contributed by atoms with Crippen LogP contribution in [-0.2, 0) is 20.9 Å². The minimum absolute atomic E-state index is 0.0952. The second-order valence-corrected chi connectivity index (χ2v) is 7.02. The van der Waals surface area contributed by atoms with Gasteiger partial charge in [-0.1, -0.05) is 42.5 Å². The van der Waals surface area contributed by atoms with E-state index in [1.165, 1.54) is 11.1 Å². The van der Waals surface area contributed by atoms with Gasteiger partial charge in [-0.2, -0.15) is 5.10 Å². The van der Waals surface area contributed by atoms with Gasteiger partial charge in [0.25, 0.3) is 0 Å². The Morgan fingerprint density at radius 3 is 2.68 bits per heavy atom.